The summed E-state index contributed by atoms with van der Waals surface area (Å²) >= 11 is 0. The number of hydrogen-bond acceptors (Lipinski definition) is 2. The van der Waals surface area contributed by atoms with Crippen molar-refractivity contribution in [3.05, 3.63) is 29.8 Å². The van der Waals surface area contributed by atoms with Crippen LogP contribution in [0.3, 0.4) is 0 Å². The van der Waals surface area contributed by atoms with Gasteiger partial charge in [-0.05, 0) is 31.4 Å². The summed E-state index contributed by atoms with van der Waals surface area (Å²) in [4.78, 5) is 13.3. The maximum Gasteiger partial charge on any atom is 0.216 e. The number of rotatable bonds is 3. The van der Waals surface area contributed by atoms with Gasteiger partial charge in [0.15, 0.2) is 0 Å². The third kappa shape index (κ3) is 3.22. The highest BCUT2D eigenvalue weighted by Gasteiger charge is 2.22. The first-order chi connectivity index (χ1) is 8.15. The number of amides is 1. The third-order valence-electron chi connectivity index (χ3n) is 3.32. The van der Waals surface area contributed by atoms with Crippen LogP contribution >= 0.6 is 0 Å². The highest BCUT2D eigenvalue weighted by molar-refractivity contribution is 5.72. The molecule has 0 aromatic heterocycles. The van der Waals surface area contributed by atoms with Crippen LogP contribution in [0.25, 0.3) is 0 Å². The normalized spacial score (nSPS) is 19.4. The van der Waals surface area contributed by atoms with Gasteiger partial charge in [-0.25, -0.2) is 0 Å². The van der Waals surface area contributed by atoms with E-state index in [0.29, 0.717) is 5.92 Å². The first kappa shape index (κ1) is 12.0. The zero-order chi connectivity index (χ0) is 12.3. The van der Waals surface area contributed by atoms with E-state index in [2.05, 4.69) is 41.4 Å². The lowest BCUT2D eigenvalue weighted by Gasteiger charge is -2.19. The average Bonchev–Trinajstić information content (AvgIpc) is 2.76. The molecule has 1 aromatic rings. The summed E-state index contributed by atoms with van der Waals surface area (Å²) in [6.45, 7) is 6.62. The Balaban J connectivity index is 1.89. The molecule has 1 saturated heterocycles. The van der Waals surface area contributed by atoms with Crippen LogP contribution in [0.5, 0.6) is 0 Å². The Labute approximate surface area is 103 Å². The molecule has 0 radical (unpaired) electrons. The minimum Gasteiger partial charge on any atom is -0.371 e. The lowest BCUT2D eigenvalue weighted by atomic mass is 10.1. The Kier molecular flexibility index (Phi) is 3.67. The van der Waals surface area contributed by atoms with Crippen LogP contribution in [0.2, 0.25) is 0 Å². The highest BCUT2D eigenvalue weighted by atomic mass is 16.1. The molecule has 1 aliphatic heterocycles. The second-order valence-electron chi connectivity index (χ2n) is 4.87. The molecule has 17 heavy (non-hydrogen) atoms. The van der Waals surface area contributed by atoms with Crippen molar-refractivity contribution < 1.29 is 4.79 Å². The van der Waals surface area contributed by atoms with Crippen LogP contribution in [-0.2, 0) is 4.79 Å². The minimum atomic E-state index is 0.0683. The summed E-state index contributed by atoms with van der Waals surface area (Å²) in [7, 11) is 0. The molecule has 1 amide bonds. The Morgan fingerprint density at radius 2 is 2.12 bits per heavy atom. The Hall–Kier alpha value is -1.51. The number of anilines is 1. The van der Waals surface area contributed by atoms with Crippen LogP contribution in [0, 0.1) is 12.8 Å². The van der Waals surface area contributed by atoms with Crippen molar-refractivity contribution in [2.75, 3.05) is 24.5 Å². The number of carbonyl (C=O) groups is 1. The van der Waals surface area contributed by atoms with Crippen LogP contribution in [0.4, 0.5) is 5.69 Å². The summed E-state index contributed by atoms with van der Waals surface area (Å²) in [6.07, 6.45) is 1.16. The lowest BCUT2D eigenvalue weighted by Crippen LogP contribution is -2.29. The van der Waals surface area contributed by atoms with Crippen molar-refractivity contribution in [1.29, 1.82) is 0 Å². The van der Waals surface area contributed by atoms with E-state index in [4.69, 9.17) is 0 Å². The van der Waals surface area contributed by atoms with E-state index in [-0.39, 0.29) is 5.91 Å². The zero-order valence-corrected chi connectivity index (χ0v) is 10.6. The summed E-state index contributed by atoms with van der Waals surface area (Å²) in [5.74, 6) is 0.652. The van der Waals surface area contributed by atoms with Crippen LogP contribution in [-0.4, -0.2) is 25.5 Å². The second kappa shape index (κ2) is 5.21. The third-order valence-corrected chi connectivity index (χ3v) is 3.32. The largest absolute Gasteiger partial charge is 0.371 e. The van der Waals surface area contributed by atoms with Gasteiger partial charge in [-0.15, -0.1) is 0 Å². The molecule has 1 unspecified atom stereocenters. The van der Waals surface area contributed by atoms with Crippen LogP contribution in [0.1, 0.15) is 18.9 Å². The number of nitrogens with one attached hydrogen (secondary N) is 1. The first-order valence-electron chi connectivity index (χ1n) is 6.21. The Morgan fingerprint density at radius 1 is 1.41 bits per heavy atom. The molecular weight excluding hydrogens is 212 g/mol. The van der Waals surface area contributed by atoms with Gasteiger partial charge in [0.1, 0.15) is 0 Å². The van der Waals surface area contributed by atoms with Gasteiger partial charge in [0.05, 0.1) is 0 Å². The van der Waals surface area contributed by atoms with Crippen molar-refractivity contribution >= 4 is 11.6 Å². The molecule has 0 bridgehead atoms. The number of benzene rings is 1. The van der Waals surface area contributed by atoms with Crippen molar-refractivity contribution in [1.82, 2.24) is 5.32 Å². The number of carbonyl (C=O) groups excluding carboxylic acids is 1. The van der Waals surface area contributed by atoms with Crippen LogP contribution in [0.15, 0.2) is 24.3 Å². The molecule has 1 N–H and O–H groups in total. The van der Waals surface area contributed by atoms with Gasteiger partial charge in [-0.1, -0.05) is 17.7 Å². The summed E-state index contributed by atoms with van der Waals surface area (Å²) in [5, 5.41) is 2.90. The molecule has 1 aliphatic rings. The van der Waals surface area contributed by atoms with Gasteiger partial charge in [-0.3, -0.25) is 4.79 Å². The summed E-state index contributed by atoms with van der Waals surface area (Å²) in [6, 6.07) is 8.65. The molecule has 1 fully saturated rings. The molecule has 1 aromatic carbocycles. The van der Waals surface area contributed by atoms with Gasteiger partial charge in [0, 0.05) is 32.2 Å². The van der Waals surface area contributed by atoms with Crippen molar-refractivity contribution in [3.8, 4) is 0 Å². The Morgan fingerprint density at radius 3 is 2.76 bits per heavy atom. The fourth-order valence-corrected chi connectivity index (χ4v) is 2.28. The predicted molar refractivity (Wildman–Crippen MR) is 70.2 cm³/mol. The van der Waals surface area contributed by atoms with E-state index in [1.165, 1.54) is 11.3 Å². The molecule has 0 spiro atoms. The molecule has 1 heterocycles. The molecule has 92 valence electrons. The highest BCUT2D eigenvalue weighted by Crippen LogP contribution is 2.23. The minimum absolute atomic E-state index is 0.0683. The van der Waals surface area contributed by atoms with Crippen molar-refractivity contribution in [2.24, 2.45) is 5.92 Å². The van der Waals surface area contributed by atoms with E-state index < -0.39 is 0 Å². The zero-order valence-electron chi connectivity index (χ0n) is 10.6. The number of aryl methyl sites for hydroxylation is 1. The molecule has 0 aliphatic carbocycles. The van der Waals surface area contributed by atoms with E-state index in [1.807, 2.05) is 0 Å². The number of nitrogens with zero attached hydrogens (tertiary/aromatic N) is 1. The fraction of sp³-hybridized carbons (Fsp3) is 0.500. The van der Waals surface area contributed by atoms with E-state index >= 15 is 0 Å². The maximum atomic E-state index is 10.9. The van der Waals surface area contributed by atoms with Gasteiger partial charge in [0.25, 0.3) is 0 Å². The molecule has 2 rings (SSSR count). The van der Waals surface area contributed by atoms with Gasteiger partial charge in [0.2, 0.25) is 5.91 Å². The molecular formula is C14H20N2O. The van der Waals surface area contributed by atoms with Crippen molar-refractivity contribution in [3.63, 3.8) is 0 Å². The fourth-order valence-electron chi connectivity index (χ4n) is 2.28. The monoisotopic (exact) mass is 232 g/mol. The van der Waals surface area contributed by atoms with Gasteiger partial charge >= 0.3 is 0 Å². The van der Waals surface area contributed by atoms with Crippen molar-refractivity contribution in [2.45, 2.75) is 20.3 Å². The second-order valence-corrected chi connectivity index (χ2v) is 4.87. The summed E-state index contributed by atoms with van der Waals surface area (Å²) in [5.41, 5.74) is 2.59. The topological polar surface area (TPSA) is 32.3 Å². The molecule has 0 saturated carbocycles. The number of hydrogen-bond donors (Lipinski definition) is 1. The molecule has 3 nitrogen and oxygen atoms in total. The first-order valence-corrected chi connectivity index (χ1v) is 6.21. The smallest absolute Gasteiger partial charge is 0.216 e. The molecule has 3 heteroatoms. The molecule has 1 atom stereocenters. The SMILES string of the molecule is CC(=O)NCC1CCN(c2ccc(C)cc2)C1. The maximum absolute atomic E-state index is 10.9. The quantitative estimate of drug-likeness (QED) is 0.864. The summed E-state index contributed by atoms with van der Waals surface area (Å²) < 4.78 is 0. The van der Waals surface area contributed by atoms with Gasteiger partial charge in [-0.2, -0.15) is 0 Å². The Bertz CT molecular complexity index is 386. The predicted octanol–water partition coefficient (Wildman–Crippen LogP) is 1.96. The van der Waals surface area contributed by atoms with Crippen LogP contribution < -0.4 is 10.2 Å². The van der Waals surface area contributed by atoms with Gasteiger partial charge < -0.3 is 10.2 Å². The lowest BCUT2D eigenvalue weighted by molar-refractivity contribution is -0.119. The van der Waals surface area contributed by atoms with E-state index in [9.17, 15) is 4.79 Å². The van der Waals surface area contributed by atoms with E-state index in [1.54, 1.807) is 6.92 Å². The van der Waals surface area contributed by atoms with E-state index in [0.717, 1.165) is 26.1 Å². The average molecular weight is 232 g/mol. The standard InChI is InChI=1S/C14H20N2O/c1-11-3-5-14(6-4-11)16-8-7-13(10-16)9-15-12(2)17/h3-6,13H,7-10H2,1-2H3,(H,15,17).